The van der Waals surface area contributed by atoms with E-state index in [1.54, 1.807) is 18.3 Å². The number of nitrogens with one attached hydrogen (secondary N) is 1. The third-order valence-electron chi connectivity index (χ3n) is 5.85. The normalized spacial score (nSPS) is 16.2. The maximum absolute atomic E-state index is 12.9. The van der Waals surface area contributed by atoms with E-state index >= 15 is 0 Å². The highest BCUT2D eigenvalue weighted by Gasteiger charge is 2.26. The lowest BCUT2D eigenvalue weighted by Gasteiger charge is -2.37. The number of aromatic nitrogens is 1. The zero-order valence-electron chi connectivity index (χ0n) is 18.0. The fraction of sp³-hybridized carbons (Fsp3) is 0.435. The van der Waals surface area contributed by atoms with Crippen LogP contribution in [0.4, 0.5) is 5.82 Å². The minimum Gasteiger partial charge on any atom is -0.454 e. The SMILES string of the molecule is CCC(C)C(=O)N1CCN(c2ncccc2C(=O)NCc2ccc3c(c2)OCO3)CC1. The standard InChI is InChI=1S/C23H28N4O4/c1-3-16(2)23(29)27-11-9-26(10-12-27)21-18(5-4-8-24-21)22(28)25-14-17-6-7-19-20(13-17)31-15-30-19/h4-8,13,16H,3,9-12,14-15H2,1-2H3,(H,25,28). The Bertz CT molecular complexity index is 956. The van der Waals surface area contributed by atoms with E-state index in [2.05, 4.69) is 15.2 Å². The van der Waals surface area contributed by atoms with Crippen molar-refractivity contribution in [3.63, 3.8) is 0 Å². The van der Waals surface area contributed by atoms with Gasteiger partial charge in [0.05, 0.1) is 5.56 Å². The quantitative estimate of drug-likeness (QED) is 0.767. The summed E-state index contributed by atoms with van der Waals surface area (Å²) in [6.45, 7) is 7.18. The van der Waals surface area contributed by atoms with Crippen molar-refractivity contribution >= 4 is 17.6 Å². The van der Waals surface area contributed by atoms with Gasteiger partial charge in [-0.25, -0.2) is 4.98 Å². The van der Waals surface area contributed by atoms with Gasteiger partial charge in [-0.05, 0) is 36.2 Å². The summed E-state index contributed by atoms with van der Waals surface area (Å²) in [5.74, 6) is 2.12. The highest BCUT2D eigenvalue weighted by molar-refractivity contribution is 5.98. The number of fused-ring (bicyclic) bond motifs is 1. The number of anilines is 1. The zero-order chi connectivity index (χ0) is 21.8. The van der Waals surface area contributed by atoms with Gasteiger partial charge in [-0.2, -0.15) is 0 Å². The van der Waals surface area contributed by atoms with Crippen LogP contribution in [0.25, 0.3) is 0 Å². The summed E-state index contributed by atoms with van der Waals surface area (Å²) in [5.41, 5.74) is 1.46. The molecule has 8 heteroatoms. The number of amides is 2. The first-order valence-corrected chi connectivity index (χ1v) is 10.7. The largest absolute Gasteiger partial charge is 0.454 e. The van der Waals surface area contributed by atoms with Crippen LogP contribution in [0, 0.1) is 5.92 Å². The van der Waals surface area contributed by atoms with Crippen molar-refractivity contribution in [2.24, 2.45) is 5.92 Å². The molecule has 3 heterocycles. The molecule has 1 aromatic carbocycles. The van der Waals surface area contributed by atoms with Crippen molar-refractivity contribution in [2.45, 2.75) is 26.8 Å². The van der Waals surface area contributed by atoms with Crippen molar-refractivity contribution in [3.05, 3.63) is 47.7 Å². The molecule has 4 rings (SSSR count). The Morgan fingerprint density at radius 2 is 1.90 bits per heavy atom. The van der Waals surface area contributed by atoms with E-state index in [0.29, 0.717) is 49.9 Å². The number of hydrogen-bond acceptors (Lipinski definition) is 6. The van der Waals surface area contributed by atoms with E-state index in [1.165, 1.54) is 0 Å². The molecule has 0 bridgehead atoms. The third-order valence-corrected chi connectivity index (χ3v) is 5.85. The third kappa shape index (κ3) is 4.57. The average molecular weight is 425 g/mol. The van der Waals surface area contributed by atoms with E-state index in [1.807, 2.05) is 36.9 Å². The number of ether oxygens (including phenoxy) is 2. The minimum atomic E-state index is -0.182. The van der Waals surface area contributed by atoms with E-state index in [-0.39, 0.29) is 24.5 Å². The van der Waals surface area contributed by atoms with Gasteiger partial charge < -0.3 is 24.6 Å². The monoisotopic (exact) mass is 424 g/mol. The molecule has 0 radical (unpaired) electrons. The smallest absolute Gasteiger partial charge is 0.255 e. The van der Waals surface area contributed by atoms with Crippen LogP contribution < -0.4 is 19.7 Å². The lowest BCUT2D eigenvalue weighted by molar-refractivity contribution is -0.135. The first kappa shape index (κ1) is 21.0. The molecule has 8 nitrogen and oxygen atoms in total. The Labute approximate surface area is 182 Å². The van der Waals surface area contributed by atoms with Gasteiger partial charge in [0, 0.05) is 44.8 Å². The molecule has 1 saturated heterocycles. The van der Waals surface area contributed by atoms with Crippen LogP contribution in [0.1, 0.15) is 36.2 Å². The van der Waals surface area contributed by atoms with Crippen molar-refractivity contribution in [1.82, 2.24) is 15.2 Å². The van der Waals surface area contributed by atoms with Crippen LogP contribution in [0.2, 0.25) is 0 Å². The molecule has 1 unspecified atom stereocenters. The van der Waals surface area contributed by atoms with Crippen molar-refractivity contribution in [1.29, 1.82) is 0 Å². The summed E-state index contributed by atoms with van der Waals surface area (Å²) >= 11 is 0. The second-order valence-electron chi connectivity index (χ2n) is 7.87. The maximum Gasteiger partial charge on any atom is 0.255 e. The molecule has 1 fully saturated rings. The Balaban J connectivity index is 1.39. The minimum absolute atomic E-state index is 0.0407. The van der Waals surface area contributed by atoms with Crippen LogP contribution in [-0.4, -0.2) is 54.7 Å². The van der Waals surface area contributed by atoms with Gasteiger partial charge in [-0.3, -0.25) is 9.59 Å². The van der Waals surface area contributed by atoms with Gasteiger partial charge in [0.2, 0.25) is 12.7 Å². The molecule has 1 atom stereocenters. The second-order valence-corrected chi connectivity index (χ2v) is 7.87. The highest BCUT2D eigenvalue weighted by atomic mass is 16.7. The molecule has 2 aromatic rings. The summed E-state index contributed by atoms with van der Waals surface area (Å²) in [7, 11) is 0. The number of rotatable bonds is 6. The topological polar surface area (TPSA) is 84.0 Å². The van der Waals surface area contributed by atoms with Crippen molar-refractivity contribution < 1.29 is 19.1 Å². The summed E-state index contributed by atoms with van der Waals surface area (Å²) in [5, 5.41) is 2.97. The molecule has 2 amide bonds. The number of carbonyl (C=O) groups excluding carboxylic acids is 2. The van der Waals surface area contributed by atoms with Gasteiger partial charge in [-0.15, -0.1) is 0 Å². The first-order chi connectivity index (χ1) is 15.1. The van der Waals surface area contributed by atoms with Crippen LogP contribution in [0.15, 0.2) is 36.5 Å². The van der Waals surface area contributed by atoms with Gasteiger partial charge in [0.15, 0.2) is 11.5 Å². The van der Waals surface area contributed by atoms with Crippen LogP contribution in [0.3, 0.4) is 0 Å². The molecule has 164 valence electrons. The highest BCUT2D eigenvalue weighted by Crippen LogP contribution is 2.32. The van der Waals surface area contributed by atoms with Crippen molar-refractivity contribution in [3.8, 4) is 11.5 Å². The molecular weight excluding hydrogens is 396 g/mol. The van der Waals surface area contributed by atoms with Gasteiger partial charge in [-0.1, -0.05) is 19.9 Å². The van der Waals surface area contributed by atoms with Crippen LogP contribution >= 0.6 is 0 Å². The number of carbonyl (C=O) groups is 2. The molecule has 31 heavy (non-hydrogen) atoms. The number of benzene rings is 1. The molecule has 2 aliphatic rings. The number of nitrogens with zero attached hydrogens (tertiary/aromatic N) is 3. The average Bonchev–Trinajstić information content (AvgIpc) is 3.29. The zero-order valence-corrected chi connectivity index (χ0v) is 18.0. The van der Waals surface area contributed by atoms with Gasteiger partial charge in [0.1, 0.15) is 5.82 Å². The van der Waals surface area contributed by atoms with E-state index in [9.17, 15) is 9.59 Å². The summed E-state index contributed by atoms with van der Waals surface area (Å²) in [6, 6.07) is 9.18. The van der Waals surface area contributed by atoms with Gasteiger partial charge in [0.25, 0.3) is 5.91 Å². The maximum atomic E-state index is 12.9. The predicted octanol–water partition coefficient (Wildman–Crippen LogP) is 2.44. The van der Waals surface area contributed by atoms with Gasteiger partial charge >= 0.3 is 0 Å². The Morgan fingerprint density at radius 1 is 1.13 bits per heavy atom. The molecule has 2 aliphatic heterocycles. The fourth-order valence-electron chi connectivity index (χ4n) is 3.78. The summed E-state index contributed by atoms with van der Waals surface area (Å²) in [4.78, 5) is 33.8. The number of pyridine rings is 1. The molecule has 1 N–H and O–H groups in total. The van der Waals surface area contributed by atoms with Crippen LogP contribution in [-0.2, 0) is 11.3 Å². The molecule has 0 saturated carbocycles. The predicted molar refractivity (Wildman–Crippen MR) is 116 cm³/mol. The Morgan fingerprint density at radius 3 is 2.68 bits per heavy atom. The molecule has 0 spiro atoms. The number of piperazine rings is 1. The molecule has 1 aromatic heterocycles. The van der Waals surface area contributed by atoms with Crippen LogP contribution in [0.5, 0.6) is 11.5 Å². The lowest BCUT2D eigenvalue weighted by atomic mass is 10.1. The van der Waals surface area contributed by atoms with Crippen molar-refractivity contribution in [2.75, 3.05) is 37.9 Å². The number of hydrogen-bond donors (Lipinski definition) is 1. The summed E-state index contributed by atoms with van der Waals surface area (Å²) < 4.78 is 10.7. The first-order valence-electron chi connectivity index (χ1n) is 10.7. The molecule has 0 aliphatic carbocycles. The second kappa shape index (κ2) is 9.24. The van der Waals surface area contributed by atoms with E-state index in [0.717, 1.165) is 17.7 Å². The van der Waals surface area contributed by atoms with E-state index < -0.39 is 0 Å². The Hall–Kier alpha value is -3.29. The fourth-order valence-corrected chi connectivity index (χ4v) is 3.78. The lowest BCUT2D eigenvalue weighted by Crippen LogP contribution is -2.50. The summed E-state index contributed by atoms with van der Waals surface area (Å²) in [6.07, 6.45) is 2.54. The molecular formula is C23H28N4O4. The van der Waals surface area contributed by atoms with E-state index in [4.69, 9.17) is 9.47 Å². The Kier molecular flexibility index (Phi) is 6.25.